The summed E-state index contributed by atoms with van der Waals surface area (Å²) in [6.45, 7) is 1.18. The molecular formula is C24H21ClN4O2. The number of fused-ring (bicyclic) bond motifs is 2. The molecule has 0 aliphatic carbocycles. The maximum Gasteiger partial charge on any atom is 0.270 e. The molecule has 1 aliphatic heterocycles. The molecule has 4 aromatic rings. The van der Waals surface area contributed by atoms with Gasteiger partial charge in [-0.2, -0.15) is 0 Å². The number of rotatable bonds is 3. The predicted molar refractivity (Wildman–Crippen MR) is 121 cm³/mol. The van der Waals surface area contributed by atoms with Crippen molar-refractivity contribution in [1.29, 1.82) is 0 Å². The first kappa shape index (κ1) is 19.6. The van der Waals surface area contributed by atoms with Crippen LogP contribution in [0.2, 0.25) is 5.02 Å². The summed E-state index contributed by atoms with van der Waals surface area (Å²) in [6, 6.07) is 16.8. The van der Waals surface area contributed by atoms with Gasteiger partial charge in [-0.3, -0.25) is 14.6 Å². The van der Waals surface area contributed by atoms with Crippen LogP contribution in [0.4, 0.5) is 0 Å². The van der Waals surface area contributed by atoms with E-state index in [4.69, 9.17) is 22.3 Å². The second kappa shape index (κ2) is 7.39. The summed E-state index contributed by atoms with van der Waals surface area (Å²) in [7, 11) is 1.89. The van der Waals surface area contributed by atoms with E-state index < -0.39 is 5.91 Å². The fraction of sp³-hybridized carbons (Fsp3) is 0.208. The molecule has 3 heterocycles. The molecule has 2 N–H and O–H groups in total. The Bertz CT molecular complexity index is 1360. The maximum absolute atomic E-state index is 13.3. The highest BCUT2D eigenvalue weighted by Gasteiger charge is 2.31. The van der Waals surface area contributed by atoms with Crippen LogP contribution in [0, 0.1) is 0 Å². The van der Waals surface area contributed by atoms with Gasteiger partial charge in [0.25, 0.3) is 5.91 Å². The number of primary amides is 1. The summed E-state index contributed by atoms with van der Waals surface area (Å²) in [6.07, 6.45) is 0.783. The van der Waals surface area contributed by atoms with Crippen LogP contribution in [0.1, 0.15) is 38.9 Å². The molecule has 0 bridgehead atoms. The third kappa shape index (κ3) is 3.33. The monoisotopic (exact) mass is 432 g/mol. The van der Waals surface area contributed by atoms with E-state index in [-0.39, 0.29) is 11.8 Å². The molecule has 156 valence electrons. The van der Waals surface area contributed by atoms with Crippen LogP contribution in [0.3, 0.4) is 0 Å². The molecule has 1 saturated heterocycles. The largest absolute Gasteiger partial charge is 0.366 e. The first-order valence-corrected chi connectivity index (χ1v) is 10.5. The number of amides is 2. The lowest BCUT2D eigenvalue weighted by atomic mass is 9.99. The Morgan fingerprint density at radius 3 is 2.74 bits per heavy atom. The van der Waals surface area contributed by atoms with Gasteiger partial charge in [-0.25, -0.2) is 0 Å². The summed E-state index contributed by atoms with van der Waals surface area (Å²) in [4.78, 5) is 31.9. The number of aromatic nitrogens is 2. The highest BCUT2D eigenvalue weighted by atomic mass is 35.5. The van der Waals surface area contributed by atoms with Crippen molar-refractivity contribution in [2.75, 3.05) is 13.1 Å². The molecule has 0 saturated carbocycles. The van der Waals surface area contributed by atoms with Crippen LogP contribution < -0.4 is 5.73 Å². The van der Waals surface area contributed by atoms with Crippen LogP contribution in [-0.2, 0) is 7.05 Å². The van der Waals surface area contributed by atoms with Gasteiger partial charge in [-0.1, -0.05) is 29.8 Å². The van der Waals surface area contributed by atoms with Gasteiger partial charge in [0.15, 0.2) is 0 Å². The Morgan fingerprint density at radius 1 is 1.13 bits per heavy atom. The first-order valence-electron chi connectivity index (χ1n) is 10.2. The zero-order valence-corrected chi connectivity index (χ0v) is 17.8. The summed E-state index contributed by atoms with van der Waals surface area (Å²) < 4.78 is 1.90. The van der Waals surface area contributed by atoms with Gasteiger partial charge in [0, 0.05) is 53.1 Å². The molecule has 0 spiro atoms. The molecule has 0 radical (unpaired) electrons. The maximum atomic E-state index is 13.3. The van der Waals surface area contributed by atoms with Gasteiger partial charge >= 0.3 is 0 Å². The van der Waals surface area contributed by atoms with Gasteiger partial charge in [0.1, 0.15) is 5.69 Å². The molecule has 2 aromatic carbocycles. The van der Waals surface area contributed by atoms with Crippen LogP contribution in [0.25, 0.3) is 21.8 Å². The number of halogens is 1. The lowest BCUT2D eigenvalue weighted by molar-refractivity contribution is 0.0781. The number of carbonyl (C=O) groups excluding carboxylic acids is 2. The minimum atomic E-state index is -0.472. The SMILES string of the molecule is Cn1c(C(=O)N2CC[C@@H](c3cc(C(N)=O)c4ccccc4n3)C2)cc2cc(Cl)ccc21. The van der Waals surface area contributed by atoms with Crippen molar-refractivity contribution < 1.29 is 9.59 Å². The van der Waals surface area contributed by atoms with E-state index in [0.29, 0.717) is 29.4 Å². The Kier molecular flexibility index (Phi) is 4.67. The van der Waals surface area contributed by atoms with Crippen LogP contribution in [-0.4, -0.2) is 39.4 Å². The van der Waals surface area contributed by atoms with Gasteiger partial charge in [0.05, 0.1) is 11.1 Å². The second-order valence-corrected chi connectivity index (χ2v) is 8.44. The Balaban J connectivity index is 1.45. The van der Waals surface area contributed by atoms with Crippen molar-refractivity contribution >= 4 is 45.2 Å². The molecule has 7 heteroatoms. The number of hydrogen-bond acceptors (Lipinski definition) is 3. The number of pyridine rings is 1. The van der Waals surface area contributed by atoms with E-state index in [2.05, 4.69) is 0 Å². The van der Waals surface area contributed by atoms with E-state index in [1.807, 2.05) is 65.0 Å². The molecule has 1 atom stereocenters. The van der Waals surface area contributed by atoms with E-state index in [9.17, 15) is 9.59 Å². The average Bonchev–Trinajstić information content (AvgIpc) is 3.37. The Labute approximate surface area is 184 Å². The molecule has 31 heavy (non-hydrogen) atoms. The lowest BCUT2D eigenvalue weighted by Gasteiger charge is -2.17. The first-order chi connectivity index (χ1) is 14.9. The number of likely N-dealkylation sites (tertiary alicyclic amines) is 1. The number of aryl methyl sites for hydroxylation is 1. The number of benzene rings is 2. The van der Waals surface area contributed by atoms with Crippen LogP contribution in [0.5, 0.6) is 0 Å². The van der Waals surface area contributed by atoms with Crippen molar-refractivity contribution in [3.8, 4) is 0 Å². The van der Waals surface area contributed by atoms with Gasteiger partial charge < -0.3 is 15.2 Å². The topological polar surface area (TPSA) is 81.2 Å². The number of nitrogens with zero attached hydrogens (tertiary/aromatic N) is 3. The molecule has 0 unspecified atom stereocenters. The summed E-state index contributed by atoms with van der Waals surface area (Å²) in [5.74, 6) is -0.441. The summed E-state index contributed by atoms with van der Waals surface area (Å²) in [5.41, 5.74) is 9.22. The Hall–Kier alpha value is -3.38. The molecule has 5 rings (SSSR count). The fourth-order valence-corrected chi connectivity index (χ4v) is 4.66. The molecular weight excluding hydrogens is 412 g/mol. The quantitative estimate of drug-likeness (QED) is 0.529. The van der Waals surface area contributed by atoms with E-state index in [1.165, 1.54) is 0 Å². The van der Waals surface area contributed by atoms with Gasteiger partial charge in [0.2, 0.25) is 5.91 Å². The molecule has 1 fully saturated rings. The lowest BCUT2D eigenvalue weighted by Crippen LogP contribution is -2.30. The van der Waals surface area contributed by atoms with E-state index in [0.717, 1.165) is 33.9 Å². The predicted octanol–water partition coefficient (Wildman–Crippen LogP) is 4.11. The molecule has 2 aromatic heterocycles. The minimum absolute atomic E-state index is 0.0202. The number of hydrogen-bond donors (Lipinski definition) is 1. The van der Waals surface area contributed by atoms with E-state index >= 15 is 0 Å². The van der Waals surface area contributed by atoms with Crippen molar-refractivity contribution in [3.63, 3.8) is 0 Å². The van der Waals surface area contributed by atoms with Gasteiger partial charge in [-0.05, 0) is 42.8 Å². The third-order valence-corrected chi connectivity index (χ3v) is 6.35. The number of para-hydroxylation sites is 1. The highest BCUT2D eigenvalue weighted by Crippen LogP contribution is 2.31. The van der Waals surface area contributed by atoms with Crippen molar-refractivity contribution in [3.05, 3.63) is 76.6 Å². The van der Waals surface area contributed by atoms with Crippen molar-refractivity contribution in [1.82, 2.24) is 14.5 Å². The third-order valence-electron chi connectivity index (χ3n) is 6.12. The summed E-state index contributed by atoms with van der Waals surface area (Å²) in [5, 5.41) is 2.33. The zero-order valence-electron chi connectivity index (χ0n) is 17.0. The van der Waals surface area contributed by atoms with Crippen LogP contribution >= 0.6 is 11.6 Å². The molecule has 6 nitrogen and oxygen atoms in total. The van der Waals surface area contributed by atoms with Crippen LogP contribution in [0.15, 0.2) is 54.6 Å². The molecule has 2 amide bonds. The second-order valence-electron chi connectivity index (χ2n) is 8.00. The minimum Gasteiger partial charge on any atom is -0.366 e. The number of carbonyl (C=O) groups is 2. The van der Waals surface area contributed by atoms with E-state index in [1.54, 1.807) is 6.07 Å². The van der Waals surface area contributed by atoms with Crippen molar-refractivity contribution in [2.45, 2.75) is 12.3 Å². The Morgan fingerprint density at radius 2 is 1.94 bits per heavy atom. The molecule has 1 aliphatic rings. The number of nitrogens with two attached hydrogens (primary N) is 1. The smallest absolute Gasteiger partial charge is 0.270 e. The van der Waals surface area contributed by atoms with Crippen molar-refractivity contribution in [2.24, 2.45) is 12.8 Å². The average molecular weight is 433 g/mol. The zero-order chi connectivity index (χ0) is 21.7. The van der Waals surface area contributed by atoms with Gasteiger partial charge in [-0.15, -0.1) is 0 Å². The fourth-order valence-electron chi connectivity index (χ4n) is 4.48. The summed E-state index contributed by atoms with van der Waals surface area (Å²) >= 11 is 6.11. The highest BCUT2D eigenvalue weighted by molar-refractivity contribution is 6.31. The standard InChI is InChI=1S/C24H21ClN4O2/c1-28-21-7-6-16(25)10-15(21)11-22(28)24(31)29-9-8-14(13-29)20-12-18(23(26)30)17-4-2-3-5-19(17)27-20/h2-7,10-12,14H,8-9,13H2,1H3,(H2,26,30)/t14-/m1/s1. The normalized spacial score (nSPS) is 16.3.